The highest BCUT2D eigenvalue weighted by atomic mass is 19.1. The second-order valence-electron chi connectivity index (χ2n) is 4.79. The van der Waals surface area contributed by atoms with E-state index < -0.39 is 17.6 Å². The Kier molecular flexibility index (Phi) is 2.79. The van der Waals surface area contributed by atoms with Gasteiger partial charge < -0.3 is 9.67 Å². The van der Waals surface area contributed by atoms with Crippen molar-refractivity contribution in [2.75, 3.05) is 0 Å². The number of carboxylic acid groups (broad SMARTS) is 1. The maximum atomic E-state index is 13.9. The number of carboxylic acids is 1. The minimum absolute atomic E-state index is 0.0404. The number of fused-ring (bicyclic) bond motifs is 1. The molecular formula is C14H11F2N3O2. The Morgan fingerprint density at radius 3 is 2.57 bits per heavy atom. The lowest BCUT2D eigenvalue weighted by Gasteiger charge is -2.02. The van der Waals surface area contributed by atoms with Gasteiger partial charge in [-0.05, 0) is 24.6 Å². The summed E-state index contributed by atoms with van der Waals surface area (Å²) in [5, 5.41) is 9.01. The van der Waals surface area contributed by atoms with Crippen LogP contribution in [0.1, 0.15) is 16.1 Å². The molecule has 0 saturated carbocycles. The number of hydrogen-bond donors (Lipinski definition) is 1. The van der Waals surface area contributed by atoms with Crippen LogP contribution in [0.25, 0.3) is 17.0 Å². The number of aryl methyl sites for hydroxylation is 2. The molecule has 0 fully saturated rings. The predicted octanol–water partition coefficient (Wildman–Crippen LogP) is 2.62. The zero-order valence-electron chi connectivity index (χ0n) is 11.3. The van der Waals surface area contributed by atoms with Crippen LogP contribution in [0.2, 0.25) is 0 Å². The SMILES string of the molecule is Cc1cc(F)c(-c2cn3cc(C(=O)O)n(C)c3n2)cc1F. The van der Waals surface area contributed by atoms with Gasteiger partial charge in [-0.1, -0.05) is 0 Å². The predicted molar refractivity (Wildman–Crippen MR) is 71.2 cm³/mol. The van der Waals surface area contributed by atoms with Crippen LogP contribution in [0.4, 0.5) is 8.78 Å². The van der Waals surface area contributed by atoms with Gasteiger partial charge in [0.2, 0.25) is 5.78 Å². The highest BCUT2D eigenvalue weighted by Crippen LogP contribution is 2.25. The first kappa shape index (κ1) is 13.3. The van der Waals surface area contributed by atoms with Crippen molar-refractivity contribution in [1.29, 1.82) is 0 Å². The molecule has 0 radical (unpaired) electrons. The molecule has 2 heterocycles. The molecular weight excluding hydrogens is 280 g/mol. The molecule has 3 rings (SSSR count). The van der Waals surface area contributed by atoms with E-state index in [0.717, 1.165) is 12.1 Å². The van der Waals surface area contributed by atoms with Crippen molar-refractivity contribution in [2.45, 2.75) is 6.92 Å². The zero-order valence-corrected chi connectivity index (χ0v) is 11.3. The molecule has 0 amide bonds. The van der Waals surface area contributed by atoms with E-state index in [1.165, 1.54) is 28.3 Å². The van der Waals surface area contributed by atoms with Crippen LogP contribution in [0.5, 0.6) is 0 Å². The summed E-state index contributed by atoms with van der Waals surface area (Å²) in [5.41, 5.74) is 0.556. The molecule has 2 aromatic heterocycles. The van der Waals surface area contributed by atoms with Crippen molar-refractivity contribution in [1.82, 2.24) is 14.0 Å². The Hall–Kier alpha value is -2.70. The largest absolute Gasteiger partial charge is 0.477 e. The molecule has 0 aliphatic carbocycles. The lowest BCUT2D eigenvalue weighted by molar-refractivity contribution is 0.0686. The topological polar surface area (TPSA) is 59.5 Å². The van der Waals surface area contributed by atoms with E-state index in [1.807, 2.05) is 0 Å². The molecule has 1 N–H and O–H groups in total. The van der Waals surface area contributed by atoms with Gasteiger partial charge in [0, 0.05) is 25.0 Å². The molecule has 0 saturated heterocycles. The highest BCUT2D eigenvalue weighted by Gasteiger charge is 2.17. The molecule has 108 valence electrons. The van der Waals surface area contributed by atoms with Crippen molar-refractivity contribution in [3.05, 3.63) is 47.4 Å². The third-order valence-electron chi connectivity index (χ3n) is 3.38. The summed E-state index contributed by atoms with van der Waals surface area (Å²) < 4.78 is 30.4. The van der Waals surface area contributed by atoms with Crippen LogP contribution in [0, 0.1) is 18.6 Å². The average molecular weight is 291 g/mol. The van der Waals surface area contributed by atoms with Gasteiger partial charge in [0.05, 0.1) is 5.69 Å². The van der Waals surface area contributed by atoms with E-state index in [9.17, 15) is 13.6 Å². The normalized spacial score (nSPS) is 11.2. The van der Waals surface area contributed by atoms with Gasteiger partial charge in [0.15, 0.2) is 0 Å². The van der Waals surface area contributed by atoms with Crippen LogP contribution < -0.4 is 0 Å². The van der Waals surface area contributed by atoms with E-state index >= 15 is 0 Å². The Labute approximate surface area is 118 Å². The maximum Gasteiger partial charge on any atom is 0.354 e. The van der Waals surface area contributed by atoms with Crippen LogP contribution in [0.3, 0.4) is 0 Å². The minimum Gasteiger partial charge on any atom is -0.477 e. The molecule has 0 unspecified atom stereocenters. The lowest BCUT2D eigenvalue weighted by atomic mass is 10.1. The highest BCUT2D eigenvalue weighted by molar-refractivity contribution is 5.86. The number of benzene rings is 1. The average Bonchev–Trinajstić information content (AvgIpc) is 2.94. The van der Waals surface area contributed by atoms with Crippen molar-refractivity contribution in [3.8, 4) is 11.3 Å². The summed E-state index contributed by atoms with van der Waals surface area (Å²) in [6, 6.07) is 2.20. The van der Waals surface area contributed by atoms with Gasteiger partial charge in [-0.3, -0.25) is 4.40 Å². The maximum absolute atomic E-state index is 13.9. The van der Waals surface area contributed by atoms with Crippen LogP contribution in [-0.4, -0.2) is 25.0 Å². The number of hydrogen-bond acceptors (Lipinski definition) is 2. The van der Waals surface area contributed by atoms with E-state index in [1.54, 1.807) is 7.05 Å². The molecule has 0 atom stereocenters. The summed E-state index contributed by atoms with van der Waals surface area (Å²) in [5.74, 6) is -1.84. The van der Waals surface area contributed by atoms with Crippen LogP contribution in [-0.2, 0) is 7.05 Å². The van der Waals surface area contributed by atoms with Gasteiger partial charge >= 0.3 is 5.97 Å². The Morgan fingerprint density at radius 2 is 1.95 bits per heavy atom. The molecule has 21 heavy (non-hydrogen) atoms. The summed E-state index contributed by atoms with van der Waals surface area (Å²) in [4.78, 5) is 15.2. The van der Waals surface area contributed by atoms with Gasteiger partial charge in [0.25, 0.3) is 0 Å². The fourth-order valence-corrected chi connectivity index (χ4v) is 2.22. The third-order valence-corrected chi connectivity index (χ3v) is 3.38. The Bertz CT molecular complexity index is 880. The fourth-order valence-electron chi connectivity index (χ4n) is 2.22. The van der Waals surface area contributed by atoms with Crippen molar-refractivity contribution >= 4 is 11.7 Å². The van der Waals surface area contributed by atoms with Gasteiger partial charge in [-0.25, -0.2) is 18.6 Å². The molecule has 0 spiro atoms. The van der Waals surface area contributed by atoms with Crippen LogP contribution in [0.15, 0.2) is 24.5 Å². The Morgan fingerprint density at radius 1 is 1.24 bits per heavy atom. The van der Waals surface area contributed by atoms with E-state index in [0.29, 0.717) is 5.78 Å². The number of rotatable bonds is 2. The standard InChI is InChI=1S/C14H11F2N3O2/c1-7-3-10(16)8(4-9(7)15)11-5-19-6-12(13(20)21)18(2)14(19)17-11/h3-6H,1-2H3,(H,20,21). The fraction of sp³-hybridized carbons (Fsp3) is 0.143. The van der Waals surface area contributed by atoms with E-state index in [4.69, 9.17) is 5.11 Å². The summed E-state index contributed by atoms with van der Waals surface area (Å²) in [6.45, 7) is 1.48. The Balaban J connectivity index is 2.19. The number of aromatic nitrogens is 3. The first-order chi connectivity index (χ1) is 9.88. The smallest absolute Gasteiger partial charge is 0.354 e. The summed E-state index contributed by atoms with van der Waals surface area (Å²) >= 11 is 0. The molecule has 1 aromatic carbocycles. The number of imidazole rings is 2. The molecule has 5 nitrogen and oxygen atoms in total. The second kappa shape index (κ2) is 4.41. The van der Waals surface area contributed by atoms with Gasteiger partial charge in [-0.2, -0.15) is 0 Å². The molecule has 0 aliphatic rings. The van der Waals surface area contributed by atoms with Crippen molar-refractivity contribution in [2.24, 2.45) is 7.05 Å². The number of carbonyl (C=O) groups is 1. The third kappa shape index (κ3) is 1.97. The number of halogens is 2. The summed E-state index contributed by atoms with van der Waals surface area (Å²) in [6.07, 6.45) is 2.84. The van der Waals surface area contributed by atoms with Gasteiger partial charge in [0.1, 0.15) is 17.3 Å². The molecule has 3 aromatic rings. The van der Waals surface area contributed by atoms with Crippen LogP contribution >= 0.6 is 0 Å². The first-order valence-electron chi connectivity index (χ1n) is 6.12. The second-order valence-corrected chi connectivity index (χ2v) is 4.79. The number of nitrogens with zero attached hydrogens (tertiary/aromatic N) is 3. The van der Waals surface area contributed by atoms with Crippen molar-refractivity contribution in [3.63, 3.8) is 0 Å². The monoisotopic (exact) mass is 291 g/mol. The van der Waals surface area contributed by atoms with E-state index in [-0.39, 0.29) is 22.5 Å². The van der Waals surface area contributed by atoms with Gasteiger partial charge in [-0.15, -0.1) is 0 Å². The summed E-state index contributed by atoms with van der Waals surface area (Å²) in [7, 11) is 1.54. The zero-order chi connectivity index (χ0) is 15.3. The first-order valence-corrected chi connectivity index (χ1v) is 6.12. The minimum atomic E-state index is -1.09. The van der Waals surface area contributed by atoms with E-state index in [2.05, 4.69) is 4.98 Å². The number of aromatic carboxylic acids is 1. The molecule has 7 heteroatoms. The quantitative estimate of drug-likeness (QED) is 0.789. The lowest BCUT2D eigenvalue weighted by Crippen LogP contribution is -2.04. The van der Waals surface area contributed by atoms with Crippen molar-refractivity contribution < 1.29 is 18.7 Å². The molecule has 0 aliphatic heterocycles. The molecule has 0 bridgehead atoms.